The van der Waals surface area contributed by atoms with Crippen LogP contribution in [-0.4, -0.2) is 67.6 Å². The van der Waals surface area contributed by atoms with Crippen molar-refractivity contribution in [1.82, 2.24) is 14.7 Å². The second-order valence-corrected chi connectivity index (χ2v) is 8.74. The Morgan fingerprint density at radius 3 is 2.48 bits per heavy atom. The van der Waals surface area contributed by atoms with Crippen molar-refractivity contribution in [3.05, 3.63) is 59.7 Å². The Balaban J connectivity index is 1.31. The molecule has 0 atom stereocenters. The number of hydrogen-bond acceptors (Lipinski definition) is 6. The predicted octanol–water partition coefficient (Wildman–Crippen LogP) is 3.90. The standard InChI is InChI=1S/C26H35N3O4/c1-31-24-11-10-21(17-25(24)32-2)18-27-12-14-28(15-13-27)20-26(30)29(19-23-9-6-16-33-23)22-7-4-3-5-8-22/h6-7,9-11,16-17H,3-5,8,12-15,18-20H2,1-2H3. The first-order valence-corrected chi connectivity index (χ1v) is 11.8. The first-order chi connectivity index (χ1) is 16.2. The van der Waals surface area contributed by atoms with Crippen LogP contribution in [0.15, 0.2) is 52.8 Å². The van der Waals surface area contributed by atoms with Gasteiger partial charge in [-0.1, -0.05) is 12.1 Å². The summed E-state index contributed by atoms with van der Waals surface area (Å²) in [6.07, 6.45) is 8.25. The number of methoxy groups -OCH3 is 2. The van der Waals surface area contributed by atoms with Gasteiger partial charge in [-0.25, -0.2) is 0 Å². The molecule has 1 aromatic heterocycles. The number of carbonyl (C=O) groups is 1. The molecule has 0 bridgehead atoms. The predicted molar refractivity (Wildman–Crippen MR) is 127 cm³/mol. The van der Waals surface area contributed by atoms with Crippen LogP contribution >= 0.6 is 0 Å². The van der Waals surface area contributed by atoms with Gasteiger partial charge in [0, 0.05) is 38.4 Å². The van der Waals surface area contributed by atoms with E-state index in [2.05, 4.69) is 21.9 Å². The summed E-state index contributed by atoms with van der Waals surface area (Å²) in [5.74, 6) is 2.49. The van der Waals surface area contributed by atoms with Gasteiger partial charge >= 0.3 is 0 Å². The molecule has 1 saturated heterocycles. The molecule has 0 spiro atoms. The fourth-order valence-electron chi connectivity index (χ4n) is 4.59. The number of ether oxygens (including phenoxy) is 2. The number of benzene rings is 1. The molecule has 1 aliphatic heterocycles. The van der Waals surface area contributed by atoms with Gasteiger partial charge in [0.25, 0.3) is 0 Å². The lowest BCUT2D eigenvalue weighted by Crippen LogP contribution is -2.49. The highest BCUT2D eigenvalue weighted by molar-refractivity contribution is 5.80. The van der Waals surface area contributed by atoms with Crippen LogP contribution in [0.3, 0.4) is 0 Å². The zero-order chi connectivity index (χ0) is 23.0. The topological polar surface area (TPSA) is 58.4 Å². The van der Waals surface area contributed by atoms with E-state index in [0.717, 1.165) is 74.9 Å². The largest absolute Gasteiger partial charge is 0.493 e. The van der Waals surface area contributed by atoms with Crippen molar-refractivity contribution in [2.24, 2.45) is 0 Å². The van der Waals surface area contributed by atoms with Crippen LogP contribution in [0.2, 0.25) is 0 Å². The van der Waals surface area contributed by atoms with Crippen molar-refractivity contribution in [3.8, 4) is 11.5 Å². The molecule has 2 aliphatic rings. The molecule has 33 heavy (non-hydrogen) atoms. The normalized spacial score (nSPS) is 17.5. The SMILES string of the molecule is COc1ccc(CN2CCN(CC(=O)N(Cc3ccco3)C3=CCCCC3)CC2)cc1OC. The molecule has 1 amide bonds. The third-order valence-corrected chi connectivity index (χ3v) is 6.49. The number of allylic oxidation sites excluding steroid dienone is 2. The highest BCUT2D eigenvalue weighted by Gasteiger charge is 2.25. The summed E-state index contributed by atoms with van der Waals surface area (Å²) < 4.78 is 16.3. The Kier molecular flexibility index (Phi) is 8.07. The Morgan fingerprint density at radius 2 is 1.82 bits per heavy atom. The highest BCUT2D eigenvalue weighted by Crippen LogP contribution is 2.28. The molecule has 4 rings (SSSR count). The van der Waals surface area contributed by atoms with Gasteiger partial charge in [-0.05, 0) is 55.5 Å². The molecule has 2 heterocycles. The molecule has 1 aliphatic carbocycles. The molecule has 1 aromatic carbocycles. The molecule has 7 nitrogen and oxygen atoms in total. The number of furan rings is 1. The maximum atomic E-state index is 13.3. The average molecular weight is 454 g/mol. The number of carbonyl (C=O) groups excluding carboxylic acids is 1. The van der Waals surface area contributed by atoms with Crippen molar-refractivity contribution >= 4 is 5.91 Å². The van der Waals surface area contributed by atoms with Crippen LogP contribution in [0.4, 0.5) is 0 Å². The van der Waals surface area contributed by atoms with E-state index in [0.29, 0.717) is 13.1 Å². The molecule has 1 fully saturated rings. The van der Waals surface area contributed by atoms with Crippen LogP contribution in [-0.2, 0) is 17.9 Å². The Morgan fingerprint density at radius 1 is 1.03 bits per heavy atom. The number of hydrogen-bond donors (Lipinski definition) is 0. The molecule has 0 unspecified atom stereocenters. The smallest absolute Gasteiger partial charge is 0.241 e. The van der Waals surface area contributed by atoms with Crippen molar-refractivity contribution in [1.29, 1.82) is 0 Å². The average Bonchev–Trinajstić information content (AvgIpc) is 3.37. The molecule has 2 aromatic rings. The summed E-state index contributed by atoms with van der Waals surface area (Å²) in [4.78, 5) is 19.9. The van der Waals surface area contributed by atoms with Crippen molar-refractivity contribution in [3.63, 3.8) is 0 Å². The van der Waals surface area contributed by atoms with Crippen molar-refractivity contribution in [2.75, 3.05) is 46.9 Å². The first kappa shape index (κ1) is 23.4. The fourth-order valence-corrected chi connectivity index (χ4v) is 4.59. The Labute approximate surface area is 196 Å². The minimum atomic E-state index is 0.160. The third kappa shape index (κ3) is 6.18. The molecule has 0 N–H and O–H groups in total. The molecular formula is C26H35N3O4. The summed E-state index contributed by atoms with van der Waals surface area (Å²) in [5, 5.41) is 0. The molecule has 7 heteroatoms. The molecule has 178 valence electrons. The fraction of sp³-hybridized carbons (Fsp3) is 0.500. The van der Waals surface area contributed by atoms with Crippen molar-refractivity contribution < 1.29 is 18.7 Å². The number of rotatable bonds is 9. The summed E-state index contributed by atoms with van der Waals surface area (Å²) in [6.45, 7) is 5.45. The summed E-state index contributed by atoms with van der Waals surface area (Å²) >= 11 is 0. The van der Waals surface area contributed by atoms with E-state index < -0.39 is 0 Å². The van der Waals surface area contributed by atoms with E-state index >= 15 is 0 Å². The minimum Gasteiger partial charge on any atom is -0.493 e. The van der Waals surface area contributed by atoms with Gasteiger partial charge in [-0.2, -0.15) is 0 Å². The minimum absolute atomic E-state index is 0.160. The van der Waals surface area contributed by atoms with Crippen LogP contribution in [0.1, 0.15) is 37.0 Å². The maximum Gasteiger partial charge on any atom is 0.241 e. The van der Waals surface area contributed by atoms with Gasteiger partial charge in [-0.15, -0.1) is 0 Å². The molecule has 0 radical (unpaired) electrons. The summed E-state index contributed by atoms with van der Waals surface area (Å²) in [7, 11) is 3.31. The lowest BCUT2D eigenvalue weighted by molar-refractivity contribution is -0.132. The van der Waals surface area contributed by atoms with Crippen molar-refractivity contribution in [2.45, 2.75) is 38.8 Å². The van der Waals surface area contributed by atoms with Crippen LogP contribution in [0.25, 0.3) is 0 Å². The van der Waals surface area contributed by atoms with Crippen LogP contribution in [0, 0.1) is 0 Å². The van der Waals surface area contributed by atoms with E-state index in [-0.39, 0.29) is 5.91 Å². The van der Waals surface area contributed by atoms with E-state index in [1.807, 2.05) is 29.2 Å². The zero-order valence-electron chi connectivity index (χ0n) is 19.8. The highest BCUT2D eigenvalue weighted by atomic mass is 16.5. The first-order valence-electron chi connectivity index (χ1n) is 11.8. The number of nitrogens with zero attached hydrogens (tertiary/aromatic N) is 3. The van der Waals surface area contributed by atoms with Gasteiger partial charge < -0.3 is 18.8 Å². The molecular weight excluding hydrogens is 418 g/mol. The lowest BCUT2D eigenvalue weighted by atomic mass is 10.0. The molecule has 0 saturated carbocycles. The monoisotopic (exact) mass is 453 g/mol. The Bertz CT molecular complexity index is 933. The Hall–Kier alpha value is -2.77. The van der Waals surface area contributed by atoms with Gasteiger partial charge in [-0.3, -0.25) is 14.6 Å². The quantitative estimate of drug-likeness (QED) is 0.574. The van der Waals surface area contributed by atoms with Gasteiger partial charge in [0.2, 0.25) is 5.91 Å². The maximum absolute atomic E-state index is 13.3. The van der Waals surface area contributed by atoms with Gasteiger partial charge in [0.15, 0.2) is 11.5 Å². The van der Waals surface area contributed by atoms with E-state index in [9.17, 15) is 4.79 Å². The zero-order valence-corrected chi connectivity index (χ0v) is 19.8. The number of piperazine rings is 1. The van der Waals surface area contributed by atoms with Gasteiger partial charge in [0.1, 0.15) is 5.76 Å². The van der Waals surface area contributed by atoms with E-state index in [1.54, 1.807) is 20.5 Å². The van der Waals surface area contributed by atoms with E-state index in [1.165, 1.54) is 12.0 Å². The summed E-state index contributed by atoms with van der Waals surface area (Å²) in [6, 6.07) is 9.90. The lowest BCUT2D eigenvalue weighted by Gasteiger charge is -2.36. The summed E-state index contributed by atoms with van der Waals surface area (Å²) in [5.41, 5.74) is 2.35. The van der Waals surface area contributed by atoms with E-state index in [4.69, 9.17) is 13.9 Å². The van der Waals surface area contributed by atoms with Gasteiger partial charge in [0.05, 0.1) is 33.6 Å². The number of amides is 1. The second kappa shape index (κ2) is 11.4. The van der Waals surface area contributed by atoms with Crippen LogP contribution < -0.4 is 9.47 Å². The third-order valence-electron chi connectivity index (χ3n) is 6.49. The van der Waals surface area contributed by atoms with Crippen LogP contribution in [0.5, 0.6) is 11.5 Å². The second-order valence-electron chi connectivity index (χ2n) is 8.74.